The fraction of sp³-hybridized carbons (Fsp3) is 0.500. The van der Waals surface area contributed by atoms with E-state index in [-0.39, 0.29) is 11.2 Å². The quantitative estimate of drug-likeness (QED) is 0.832. The average Bonchev–Trinajstić information content (AvgIpc) is 2.78. The summed E-state index contributed by atoms with van der Waals surface area (Å²) in [7, 11) is 0. The molecule has 0 aliphatic carbocycles. The van der Waals surface area contributed by atoms with Gasteiger partial charge >= 0.3 is 0 Å². The topological polar surface area (TPSA) is 29.1 Å². The number of ketones is 1. The maximum atomic E-state index is 12.6. The molecule has 0 saturated carbocycles. The van der Waals surface area contributed by atoms with Gasteiger partial charge in [-0.25, -0.2) is 0 Å². The third-order valence-electron chi connectivity index (χ3n) is 3.54. The first-order valence-corrected chi connectivity index (χ1v) is 6.57. The van der Waals surface area contributed by atoms with Gasteiger partial charge < -0.3 is 5.32 Å². The predicted octanol–water partition coefficient (Wildman–Crippen LogP) is 3.30. The van der Waals surface area contributed by atoms with Crippen LogP contribution < -0.4 is 5.32 Å². The molecule has 0 amide bonds. The van der Waals surface area contributed by atoms with Gasteiger partial charge in [0.15, 0.2) is 5.78 Å². The number of hydrogen-bond donors (Lipinski definition) is 1. The summed E-state index contributed by atoms with van der Waals surface area (Å²) in [4.78, 5) is 12.6. The van der Waals surface area contributed by atoms with Crippen LogP contribution in [0.3, 0.4) is 0 Å². The fourth-order valence-electron chi connectivity index (χ4n) is 2.68. The van der Waals surface area contributed by atoms with Crippen LogP contribution in [0.4, 0.5) is 0 Å². The first-order chi connectivity index (χ1) is 8.18. The predicted molar refractivity (Wildman–Crippen MR) is 70.6 cm³/mol. The van der Waals surface area contributed by atoms with Crippen LogP contribution in [0.2, 0.25) is 5.02 Å². The van der Waals surface area contributed by atoms with E-state index < -0.39 is 0 Å². The molecule has 1 saturated heterocycles. The molecule has 2 rings (SSSR count). The van der Waals surface area contributed by atoms with E-state index in [0.29, 0.717) is 5.02 Å². The highest BCUT2D eigenvalue weighted by atomic mass is 35.5. The molecule has 1 unspecified atom stereocenters. The molecule has 1 aromatic carbocycles. The highest BCUT2D eigenvalue weighted by molar-refractivity contribution is 6.31. The largest absolute Gasteiger partial charge is 0.316 e. The van der Waals surface area contributed by atoms with Crippen molar-refractivity contribution < 1.29 is 4.79 Å². The minimum Gasteiger partial charge on any atom is -0.316 e. The number of rotatable bonds is 4. The van der Waals surface area contributed by atoms with E-state index in [1.807, 2.05) is 12.1 Å². The average molecular weight is 252 g/mol. The molecular weight excluding hydrogens is 234 g/mol. The molecule has 1 heterocycles. The number of nitrogens with one attached hydrogen (secondary N) is 1. The first kappa shape index (κ1) is 12.6. The van der Waals surface area contributed by atoms with Crippen LogP contribution in [-0.4, -0.2) is 18.9 Å². The summed E-state index contributed by atoms with van der Waals surface area (Å²) in [5.74, 6) is 0.242. The Morgan fingerprint density at radius 3 is 2.94 bits per heavy atom. The van der Waals surface area contributed by atoms with Crippen LogP contribution >= 0.6 is 11.6 Å². The number of hydrogen-bond acceptors (Lipinski definition) is 2. The molecule has 0 bridgehead atoms. The highest BCUT2D eigenvalue weighted by Crippen LogP contribution is 2.35. The van der Waals surface area contributed by atoms with Crippen LogP contribution in [-0.2, 0) is 0 Å². The van der Waals surface area contributed by atoms with Crippen LogP contribution in [0.15, 0.2) is 24.3 Å². The van der Waals surface area contributed by atoms with Crippen molar-refractivity contribution >= 4 is 17.4 Å². The van der Waals surface area contributed by atoms with Gasteiger partial charge in [0.25, 0.3) is 0 Å². The number of Topliss-reactive ketones (excluding diaryl/α,β-unsaturated/α-hetero) is 1. The summed E-state index contributed by atoms with van der Waals surface area (Å²) >= 11 is 5.95. The molecule has 3 heteroatoms. The Morgan fingerprint density at radius 1 is 1.53 bits per heavy atom. The van der Waals surface area contributed by atoms with Gasteiger partial charge in [-0.2, -0.15) is 0 Å². The second-order valence-electron chi connectivity index (χ2n) is 4.80. The van der Waals surface area contributed by atoms with Gasteiger partial charge in [-0.15, -0.1) is 0 Å². The van der Waals surface area contributed by atoms with Crippen molar-refractivity contribution in [3.8, 4) is 0 Å². The number of carbonyl (C=O) groups excluding carboxylic acids is 1. The lowest BCUT2D eigenvalue weighted by Gasteiger charge is -2.26. The summed E-state index contributed by atoms with van der Waals surface area (Å²) in [5.41, 5.74) is 0.536. The third-order valence-corrected chi connectivity index (χ3v) is 3.78. The van der Waals surface area contributed by atoms with E-state index in [1.54, 1.807) is 12.1 Å². The Bertz CT molecular complexity index is 410. The van der Waals surface area contributed by atoms with Gasteiger partial charge in [0, 0.05) is 22.5 Å². The Labute approximate surface area is 107 Å². The zero-order valence-corrected chi connectivity index (χ0v) is 10.9. The van der Waals surface area contributed by atoms with Crippen molar-refractivity contribution in [2.24, 2.45) is 5.41 Å². The van der Waals surface area contributed by atoms with E-state index >= 15 is 0 Å². The summed E-state index contributed by atoms with van der Waals surface area (Å²) < 4.78 is 0. The van der Waals surface area contributed by atoms with Crippen molar-refractivity contribution in [2.75, 3.05) is 13.1 Å². The van der Waals surface area contributed by atoms with Gasteiger partial charge in [0.2, 0.25) is 0 Å². The Balaban J connectivity index is 2.28. The normalized spacial score (nSPS) is 23.9. The van der Waals surface area contributed by atoms with Gasteiger partial charge in [-0.1, -0.05) is 37.1 Å². The van der Waals surface area contributed by atoms with Crippen molar-refractivity contribution in [1.82, 2.24) is 5.32 Å². The van der Waals surface area contributed by atoms with Gasteiger partial charge in [-0.05, 0) is 31.5 Å². The summed E-state index contributed by atoms with van der Waals surface area (Å²) in [6.45, 7) is 3.86. The summed E-state index contributed by atoms with van der Waals surface area (Å²) in [6, 6.07) is 7.29. The Morgan fingerprint density at radius 2 is 2.35 bits per heavy atom. The maximum absolute atomic E-state index is 12.6. The zero-order chi connectivity index (χ0) is 12.3. The van der Waals surface area contributed by atoms with Crippen LogP contribution in [0.25, 0.3) is 0 Å². The van der Waals surface area contributed by atoms with E-state index in [0.717, 1.165) is 37.9 Å². The molecule has 0 radical (unpaired) electrons. The molecule has 1 aliphatic rings. The molecule has 1 aliphatic heterocycles. The smallest absolute Gasteiger partial charge is 0.170 e. The molecule has 0 spiro atoms. The van der Waals surface area contributed by atoms with E-state index in [2.05, 4.69) is 12.2 Å². The molecular formula is C14H18ClNO. The molecule has 1 atom stereocenters. The van der Waals surface area contributed by atoms with Crippen LogP contribution in [0.1, 0.15) is 36.5 Å². The van der Waals surface area contributed by atoms with Crippen LogP contribution in [0, 0.1) is 5.41 Å². The van der Waals surface area contributed by atoms with E-state index in [4.69, 9.17) is 11.6 Å². The summed E-state index contributed by atoms with van der Waals surface area (Å²) in [6.07, 6.45) is 2.92. The van der Waals surface area contributed by atoms with Crippen molar-refractivity contribution in [1.29, 1.82) is 0 Å². The standard InChI is InChI=1S/C14H18ClNO/c1-2-6-14(7-8-16-10-14)13(17)11-4-3-5-12(15)9-11/h3-5,9,16H,2,6-8,10H2,1H3. The first-order valence-electron chi connectivity index (χ1n) is 6.19. The van der Waals surface area contributed by atoms with Gasteiger partial charge in [0.1, 0.15) is 0 Å². The monoisotopic (exact) mass is 251 g/mol. The lowest BCUT2D eigenvalue weighted by molar-refractivity contribution is 0.0802. The number of benzene rings is 1. The Hall–Kier alpha value is -0.860. The SMILES string of the molecule is CCCC1(C(=O)c2cccc(Cl)c2)CCNC1. The second-order valence-corrected chi connectivity index (χ2v) is 5.23. The highest BCUT2D eigenvalue weighted by Gasteiger charge is 2.40. The third kappa shape index (κ3) is 2.53. The van der Waals surface area contributed by atoms with Gasteiger partial charge in [0.05, 0.1) is 0 Å². The molecule has 2 nitrogen and oxygen atoms in total. The number of carbonyl (C=O) groups is 1. The molecule has 92 valence electrons. The minimum atomic E-state index is -0.209. The molecule has 17 heavy (non-hydrogen) atoms. The number of halogens is 1. The lowest BCUT2D eigenvalue weighted by Crippen LogP contribution is -2.33. The van der Waals surface area contributed by atoms with Crippen molar-refractivity contribution in [2.45, 2.75) is 26.2 Å². The fourth-order valence-corrected chi connectivity index (χ4v) is 2.87. The van der Waals surface area contributed by atoms with E-state index in [1.165, 1.54) is 0 Å². The molecule has 1 fully saturated rings. The maximum Gasteiger partial charge on any atom is 0.170 e. The summed E-state index contributed by atoms with van der Waals surface area (Å²) in [5, 5.41) is 3.94. The Kier molecular flexibility index (Phi) is 3.85. The minimum absolute atomic E-state index is 0.209. The zero-order valence-electron chi connectivity index (χ0n) is 10.1. The van der Waals surface area contributed by atoms with E-state index in [9.17, 15) is 4.79 Å². The van der Waals surface area contributed by atoms with Gasteiger partial charge in [-0.3, -0.25) is 4.79 Å². The molecule has 1 N–H and O–H groups in total. The molecule has 0 aromatic heterocycles. The van der Waals surface area contributed by atoms with Crippen molar-refractivity contribution in [3.63, 3.8) is 0 Å². The second kappa shape index (κ2) is 5.19. The van der Waals surface area contributed by atoms with Crippen molar-refractivity contribution in [3.05, 3.63) is 34.9 Å². The lowest BCUT2D eigenvalue weighted by atomic mass is 9.76. The van der Waals surface area contributed by atoms with Crippen LogP contribution in [0.5, 0.6) is 0 Å². The molecule has 1 aromatic rings.